The number of ether oxygens (including phenoxy) is 1. The Balaban J connectivity index is 1.43. The lowest BCUT2D eigenvalue weighted by Crippen LogP contribution is -2.19. The summed E-state index contributed by atoms with van der Waals surface area (Å²) in [5, 5.41) is 8.23. The predicted octanol–water partition coefficient (Wildman–Crippen LogP) is 3.85. The molecular weight excluding hydrogens is 460 g/mol. The van der Waals surface area contributed by atoms with Gasteiger partial charge in [0.15, 0.2) is 0 Å². The molecule has 0 saturated carbocycles. The smallest absolute Gasteiger partial charge is 0.311 e. The number of hydrogen-bond donors (Lipinski definition) is 1. The standard InChI is InChI=1S/C22H19BrN6O2/c1-14-11-15(2)29-22(25-14)26-20(28-29)21(30)27-24-12-17-5-3-4-6-19(17)31-13-16-7-9-18(23)10-8-16/h3-12H,13H2,1-2H3,(H,27,30)/b24-12-. The highest BCUT2D eigenvalue weighted by atomic mass is 79.9. The van der Waals surface area contributed by atoms with Gasteiger partial charge in [-0.2, -0.15) is 10.1 Å². The molecule has 0 spiro atoms. The van der Waals surface area contributed by atoms with E-state index in [1.807, 2.05) is 68.4 Å². The molecule has 0 aliphatic carbocycles. The van der Waals surface area contributed by atoms with Crippen LogP contribution in [0.2, 0.25) is 0 Å². The third-order valence-electron chi connectivity index (χ3n) is 4.42. The number of aryl methyl sites for hydroxylation is 2. The lowest BCUT2D eigenvalue weighted by atomic mass is 10.2. The number of halogens is 1. The number of benzene rings is 2. The monoisotopic (exact) mass is 478 g/mol. The third-order valence-corrected chi connectivity index (χ3v) is 4.95. The van der Waals surface area contributed by atoms with E-state index in [1.165, 1.54) is 10.7 Å². The normalized spacial score (nSPS) is 11.2. The van der Waals surface area contributed by atoms with Crippen LogP contribution in [0.3, 0.4) is 0 Å². The Morgan fingerprint density at radius 3 is 2.74 bits per heavy atom. The molecule has 1 amide bonds. The van der Waals surface area contributed by atoms with Gasteiger partial charge in [0.2, 0.25) is 5.82 Å². The first-order valence-corrected chi connectivity index (χ1v) is 10.3. The Bertz CT molecular complexity index is 1270. The molecule has 4 aromatic rings. The van der Waals surface area contributed by atoms with Crippen molar-refractivity contribution in [1.29, 1.82) is 0 Å². The number of rotatable bonds is 6. The number of hydrazone groups is 1. The van der Waals surface area contributed by atoms with E-state index >= 15 is 0 Å². The molecule has 0 unspecified atom stereocenters. The largest absolute Gasteiger partial charge is 0.488 e. The Hall–Kier alpha value is -3.59. The molecule has 2 aromatic heterocycles. The fourth-order valence-electron chi connectivity index (χ4n) is 2.93. The van der Waals surface area contributed by atoms with E-state index in [0.717, 1.165) is 27.0 Å². The average molecular weight is 479 g/mol. The zero-order valence-electron chi connectivity index (χ0n) is 16.9. The molecule has 0 fully saturated rings. The van der Waals surface area contributed by atoms with Crippen LogP contribution in [0.4, 0.5) is 0 Å². The number of nitrogens with zero attached hydrogens (tertiary/aromatic N) is 5. The summed E-state index contributed by atoms with van der Waals surface area (Å²) in [6.07, 6.45) is 1.53. The molecule has 156 valence electrons. The van der Waals surface area contributed by atoms with Crippen LogP contribution in [-0.4, -0.2) is 31.7 Å². The lowest BCUT2D eigenvalue weighted by Gasteiger charge is -2.09. The van der Waals surface area contributed by atoms with Crippen molar-refractivity contribution < 1.29 is 9.53 Å². The van der Waals surface area contributed by atoms with E-state index < -0.39 is 5.91 Å². The van der Waals surface area contributed by atoms with Gasteiger partial charge in [0.25, 0.3) is 5.78 Å². The minimum absolute atomic E-state index is 0.00174. The second-order valence-electron chi connectivity index (χ2n) is 6.84. The minimum atomic E-state index is -0.521. The van der Waals surface area contributed by atoms with Gasteiger partial charge in [0, 0.05) is 21.4 Å². The van der Waals surface area contributed by atoms with E-state index in [2.05, 4.69) is 41.5 Å². The summed E-state index contributed by atoms with van der Waals surface area (Å²) in [4.78, 5) is 20.9. The number of aromatic nitrogens is 4. The molecule has 0 aliphatic rings. The maximum absolute atomic E-state index is 12.4. The molecule has 0 atom stereocenters. The number of carbonyl (C=O) groups excluding carboxylic acids is 1. The van der Waals surface area contributed by atoms with Crippen LogP contribution in [0.15, 0.2) is 64.2 Å². The van der Waals surface area contributed by atoms with Crippen molar-refractivity contribution in [2.75, 3.05) is 0 Å². The van der Waals surface area contributed by atoms with Crippen molar-refractivity contribution in [3.63, 3.8) is 0 Å². The Kier molecular flexibility index (Phi) is 6.03. The van der Waals surface area contributed by atoms with Crippen LogP contribution in [0.25, 0.3) is 5.78 Å². The molecule has 2 heterocycles. The van der Waals surface area contributed by atoms with Gasteiger partial charge in [0.05, 0.1) is 6.21 Å². The molecular formula is C22H19BrN6O2. The number of carbonyl (C=O) groups is 1. The van der Waals surface area contributed by atoms with Crippen molar-refractivity contribution in [2.45, 2.75) is 20.5 Å². The van der Waals surface area contributed by atoms with Crippen molar-refractivity contribution in [1.82, 2.24) is 25.0 Å². The minimum Gasteiger partial charge on any atom is -0.488 e. The van der Waals surface area contributed by atoms with E-state index in [0.29, 0.717) is 18.1 Å². The van der Waals surface area contributed by atoms with E-state index in [4.69, 9.17) is 4.74 Å². The summed E-state index contributed by atoms with van der Waals surface area (Å²) >= 11 is 3.42. The zero-order chi connectivity index (χ0) is 21.8. The Labute approximate surface area is 187 Å². The summed E-state index contributed by atoms with van der Waals surface area (Å²) in [6.45, 7) is 4.16. The fraction of sp³-hybridized carbons (Fsp3) is 0.136. The van der Waals surface area contributed by atoms with Gasteiger partial charge < -0.3 is 4.74 Å². The number of hydrogen-bond acceptors (Lipinski definition) is 6. The molecule has 0 aliphatic heterocycles. The third kappa shape index (κ3) is 4.95. The van der Waals surface area contributed by atoms with Gasteiger partial charge in [-0.1, -0.05) is 40.2 Å². The molecule has 31 heavy (non-hydrogen) atoms. The topological polar surface area (TPSA) is 93.8 Å². The summed E-state index contributed by atoms with van der Waals surface area (Å²) in [7, 11) is 0. The fourth-order valence-corrected chi connectivity index (χ4v) is 3.20. The highest BCUT2D eigenvalue weighted by Gasteiger charge is 2.14. The first kappa shape index (κ1) is 20.7. The van der Waals surface area contributed by atoms with Crippen molar-refractivity contribution in [2.24, 2.45) is 5.10 Å². The van der Waals surface area contributed by atoms with Crippen molar-refractivity contribution >= 4 is 33.8 Å². The molecule has 8 nitrogen and oxygen atoms in total. The SMILES string of the molecule is Cc1cc(C)n2nc(C(=O)N/N=C\c3ccccc3OCc3ccc(Br)cc3)nc2n1. The first-order chi connectivity index (χ1) is 15.0. The van der Waals surface area contributed by atoms with Crippen LogP contribution in [0.5, 0.6) is 5.75 Å². The highest BCUT2D eigenvalue weighted by molar-refractivity contribution is 9.10. The number of amides is 1. The van der Waals surface area contributed by atoms with E-state index in [1.54, 1.807) is 0 Å². The van der Waals surface area contributed by atoms with Gasteiger partial charge in [-0.25, -0.2) is 14.9 Å². The van der Waals surface area contributed by atoms with Gasteiger partial charge in [-0.15, -0.1) is 5.10 Å². The highest BCUT2D eigenvalue weighted by Crippen LogP contribution is 2.18. The summed E-state index contributed by atoms with van der Waals surface area (Å²) in [5.41, 5.74) is 5.88. The van der Waals surface area contributed by atoms with Crippen LogP contribution < -0.4 is 10.2 Å². The molecule has 0 saturated heterocycles. The Morgan fingerprint density at radius 2 is 1.94 bits per heavy atom. The summed E-state index contributed by atoms with van der Waals surface area (Å²) < 4.78 is 8.45. The molecule has 2 aromatic carbocycles. The number of para-hydroxylation sites is 1. The lowest BCUT2D eigenvalue weighted by molar-refractivity contribution is 0.0945. The average Bonchev–Trinajstić information content (AvgIpc) is 3.19. The van der Waals surface area contributed by atoms with Crippen LogP contribution in [0, 0.1) is 13.8 Å². The quantitative estimate of drug-likeness (QED) is 0.335. The Morgan fingerprint density at radius 1 is 1.16 bits per heavy atom. The molecule has 9 heteroatoms. The van der Waals surface area contributed by atoms with Gasteiger partial charge in [0.1, 0.15) is 12.4 Å². The second-order valence-corrected chi connectivity index (χ2v) is 7.75. The van der Waals surface area contributed by atoms with Gasteiger partial charge in [-0.3, -0.25) is 4.79 Å². The summed E-state index contributed by atoms with van der Waals surface area (Å²) in [6, 6.07) is 17.2. The molecule has 0 radical (unpaired) electrons. The van der Waals surface area contributed by atoms with Crippen LogP contribution in [0.1, 0.15) is 33.1 Å². The van der Waals surface area contributed by atoms with E-state index in [9.17, 15) is 4.79 Å². The molecule has 4 rings (SSSR count). The number of nitrogens with one attached hydrogen (secondary N) is 1. The zero-order valence-corrected chi connectivity index (χ0v) is 18.5. The number of fused-ring (bicyclic) bond motifs is 1. The molecule has 0 bridgehead atoms. The maximum Gasteiger partial charge on any atom is 0.311 e. The first-order valence-electron chi connectivity index (χ1n) is 9.50. The van der Waals surface area contributed by atoms with Crippen molar-refractivity contribution in [3.05, 3.63) is 87.4 Å². The van der Waals surface area contributed by atoms with Gasteiger partial charge in [-0.05, 0) is 49.7 Å². The second kappa shape index (κ2) is 9.05. The van der Waals surface area contributed by atoms with E-state index in [-0.39, 0.29) is 5.82 Å². The van der Waals surface area contributed by atoms with Gasteiger partial charge >= 0.3 is 5.91 Å². The maximum atomic E-state index is 12.4. The molecule has 1 N–H and O–H groups in total. The predicted molar refractivity (Wildman–Crippen MR) is 120 cm³/mol. The van der Waals surface area contributed by atoms with Crippen LogP contribution in [-0.2, 0) is 6.61 Å². The van der Waals surface area contributed by atoms with Crippen LogP contribution >= 0.6 is 15.9 Å². The summed E-state index contributed by atoms with van der Waals surface area (Å²) in [5.74, 6) is 0.507. The van der Waals surface area contributed by atoms with Crippen molar-refractivity contribution in [3.8, 4) is 5.75 Å².